The fourth-order valence-electron chi connectivity index (χ4n) is 2.05. The lowest BCUT2D eigenvalue weighted by Gasteiger charge is -2.12. The van der Waals surface area contributed by atoms with E-state index in [0.717, 1.165) is 12.1 Å². The number of anilines is 2. The number of nitrogens with zero attached hydrogens (tertiary/aromatic N) is 1. The predicted molar refractivity (Wildman–Crippen MR) is 80.3 cm³/mol. The van der Waals surface area contributed by atoms with Gasteiger partial charge in [-0.25, -0.2) is 0 Å². The summed E-state index contributed by atoms with van der Waals surface area (Å²) in [5.41, 5.74) is 14.9. The van der Waals surface area contributed by atoms with Crippen molar-refractivity contribution in [2.75, 3.05) is 11.1 Å². The second kappa shape index (κ2) is 6.06. The molecule has 20 heavy (non-hydrogen) atoms. The van der Waals surface area contributed by atoms with Gasteiger partial charge in [0.05, 0.1) is 17.8 Å². The normalized spacial score (nSPS) is 10.2. The zero-order valence-corrected chi connectivity index (χ0v) is 11.4. The molecule has 0 spiro atoms. The molecule has 0 bridgehead atoms. The molecule has 0 saturated heterocycles. The van der Waals surface area contributed by atoms with Gasteiger partial charge < -0.3 is 16.8 Å². The number of carbonyl (C=O) groups excluding carboxylic acids is 1. The first-order valence-corrected chi connectivity index (χ1v) is 6.47. The van der Waals surface area contributed by atoms with Gasteiger partial charge in [-0.2, -0.15) is 0 Å². The van der Waals surface area contributed by atoms with Gasteiger partial charge in [0.1, 0.15) is 0 Å². The summed E-state index contributed by atoms with van der Waals surface area (Å²) in [6.07, 6.45) is 2.66. The summed E-state index contributed by atoms with van der Waals surface area (Å²) >= 11 is 0. The van der Waals surface area contributed by atoms with E-state index >= 15 is 0 Å². The molecule has 0 unspecified atom stereocenters. The van der Waals surface area contributed by atoms with Crippen LogP contribution in [-0.2, 0) is 13.0 Å². The lowest BCUT2D eigenvalue weighted by Crippen LogP contribution is -2.15. The number of nitrogen functional groups attached to an aromatic ring is 1. The largest absolute Gasteiger partial charge is 0.399 e. The first-order valence-electron chi connectivity index (χ1n) is 6.47. The Morgan fingerprint density at radius 1 is 1.35 bits per heavy atom. The number of hydrogen-bond acceptors (Lipinski definition) is 4. The maximum absolute atomic E-state index is 11.4. The second-order valence-corrected chi connectivity index (χ2v) is 4.49. The van der Waals surface area contributed by atoms with Gasteiger partial charge in [0.25, 0.3) is 5.91 Å². The fourth-order valence-corrected chi connectivity index (χ4v) is 2.05. The van der Waals surface area contributed by atoms with Crippen molar-refractivity contribution in [2.45, 2.75) is 19.9 Å². The third kappa shape index (κ3) is 3.06. The predicted octanol–water partition coefficient (Wildman–Crippen LogP) is 1.94. The summed E-state index contributed by atoms with van der Waals surface area (Å²) in [6.45, 7) is 2.60. The Labute approximate surface area is 118 Å². The Kier molecular flexibility index (Phi) is 4.20. The van der Waals surface area contributed by atoms with Gasteiger partial charge in [0.2, 0.25) is 0 Å². The van der Waals surface area contributed by atoms with Crippen LogP contribution in [0.25, 0.3) is 0 Å². The van der Waals surface area contributed by atoms with Crippen molar-refractivity contribution < 1.29 is 4.79 Å². The topological polar surface area (TPSA) is 94.0 Å². The Morgan fingerprint density at radius 3 is 2.85 bits per heavy atom. The number of carbonyl (C=O) groups is 1. The van der Waals surface area contributed by atoms with Crippen LogP contribution in [0.4, 0.5) is 11.4 Å². The third-order valence-electron chi connectivity index (χ3n) is 3.12. The molecule has 1 heterocycles. The van der Waals surface area contributed by atoms with Gasteiger partial charge in [-0.3, -0.25) is 9.78 Å². The Hall–Kier alpha value is -2.56. The van der Waals surface area contributed by atoms with Gasteiger partial charge >= 0.3 is 0 Å². The highest BCUT2D eigenvalue weighted by Gasteiger charge is 2.09. The summed E-state index contributed by atoms with van der Waals surface area (Å²) < 4.78 is 0. The number of aromatic nitrogens is 1. The molecule has 0 radical (unpaired) electrons. The van der Waals surface area contributed by atoms with Gasteiger partial charge in [0.15, 0.2) is 0 Å². The Morgan fingerprint density at radius 2 is 2.15 bits per heavy atom. The zero-order valence-electron chi connectivity index (χ0n) is 11.4. The molecular formula is C15H18N4O. The van der Waals surface area contributed by atoms with E-state index in [-0.39, 0.29) is 0 Å². The van der Waals surface area contributed by atoms with Gasteiger partial charge in [-0.05, 0) is 36.2 Å². The maximum Gasteiger partial charge on any atom is 0.250 e. The van der Waals surface area contributed by atoms with E-state index in [0.29, 0.717) is 23.5 Å². The Bertz CT molecular complexity index is 625. The van der Waals surface area contributed by atoms with E-state index in [1.54, 1.807) is 24.4 Å². The number of nitrogens with two attached hydrogens (primary N) is 2. The van der Waals surface area contributed by atoms with Crippen LogP contribution in [0, 0.1) is 0 Å². The molecule has 0 aliphatic heterocycles. The molecular weight excluding hydrogens is 252 g/mol. The van der Waals surface area contributed by atoms with Crippen molar-refractivity contribution in [1.29, 1.82) is 0 Å². The standard InChI is InChI=1S/C15H18N4O/c1-2-10-4-3-7-18-14(10)9-19-13-8-11(16)5-6-12(13)15(17)20/h3-8,19H,2,9,16H2,1H3,(H2,17,20). The number of primary amides is 1. The van der Waals surface area contributed by atoms with Crippen molar-refractivity contribution in [1.82, 2.24) is 4.98 Å². The molecule has 1 amide bonds. The first-order chi connectivity index (χ1) is 9.61. The van der Waals surface area contributed by atoms with E-state index in [4.69, 9.17) is 11.5 Å². The van der Waals surface area contributed by atoms with Gasteiger partial charge in [-0.1, -0.05) is 13.0 Å². The van der Waals surface area contributed by atoms with Crippen LogP contribution in [0.1, 0.15) is 28.5 Å². The molecule has 5 nitrogen and oxygen atoms in total. The minimum Gasteiger partial charge on any atom is -0.399 e. The number of nitrogens with one attached hydrogen (secondary N) is 1. The highest BCUT2D eigenvalue weighted by molar-refractivity contribution is 5.99. The summed E-state index contributed by atoms with van der Waals surface area (Å²) in [6, 6.07) is 8.94. The minimum absolute atomic E-state index is 0.424. The zero-order chi connectivity index (χ0) is 14.5. The molecule has 0 fully saturated rings. The van der Waals surface area contributed by atoms with E-state index in [1.165, 1.54) is 5.56 Å². The smallest absolute Gasteiger partial charge is 0.250 e. The molecule has 1 aromatic carbocycles. The summed E-state index contributed by atoms with van der Waals surface area (Å²) in [5.74, 6) is -0.482. The number of hydrogen-bond donors (Lipinski definition) is 3. The summed E-state index contributed by atoms with van der Waals surface area (Å²) in [5, 5.41) is 3.18. The highest BCUT2D eigenvalue weighted by atomic mass is 16.1. The summed E-state index contributed by atoms with van der Waals surface area (Å²) in [7, 11) is 0. The molecule has 5 heteroatoms. The molecule has 2 rings (SSSR count). The maximum atomic E-state index is 11.4. The Balaban J connectivity index is 2.22. The number of rotatable bonds is 5. The number of aryl methyl sites for hydroxylation is 1. The van der Waals surface area contributed by atoms with Crippen molar-refractivity contribution in [3.05, 3.63) is 53.3 Å². The number of amides is 1. The van der Waals surface area contributed by atoms with Crippen LogP contribution in [0.5, 0.6) is 0 Å². The first kappa shape index (κ1) is 13.9. The third-order valence-corrected chi connectivity index (χ3v) is 3.12. The van der Waals surface area contributed by atoms with Gasteiger partial charge in [0, 0.05) is 17.6 Å². The van der Waals surface area contributed by atoms with E-state index in [9.17, 15) is 4.79 Å². The minimum atomic E-state index is -0.482. The molecule has 0 aliphatic rings. The molecule has 2 aromatic rings. The molecule has 1 aromatic heterocycles. The molecule has 104 valence electrons. The van der Waals surface area contributed by atoms with Crippen LogP contribution in [-0.4, -0.2) is 10.9 Å². The lowest BCUT2D eigenvalue weighted by molar-refractivity contribution is 0.100. The molecule has 0 atom stereocenters. The fraction of sp³-hybridized carbons (Fsp3) is 0.200. The monoisotopic (exact) mass is 270 g/mol. The number of pyridine rings is 1. The molecule has 0 aliphatic carbocycles. The SMILES string of the molecule is CCc1cccnc1CNc1cc(N)ccc1C(N)=O. The molecule has 0 saturated carbocycles. The van der Waals surface area contributed by atoms with Crippen molar-refractivity contribution in [2.24, 2.45) is 5.73 Å². The summed E-state index contributed by atoms with van der Waals surface area (Å²) in [4.78, 5) is 15.7. The lowest BCUT2D eigenvalue weighted by atomic mass is 10.1. The van der Waals surface area contributed by atoms with Crippen molar-refractivity contribution in [3.8, 4) is 0 Å². The quantitative estimate of drug-likeness (QED) is 0.724. The van der Waals surface area contributed by atoms with Crippen molar-refractivity contribution >= 4 is 17.3 Å². The van der Waals surface area contributed by atoms with E-state index in [2.05, 4.69) is 17.2 Å². The van der Waals surface area contributed by atoms with Crippen LogP contribution >= 0.6 is 0 Å². The number of benzene rings is 1. The van der Waals surface area contributed by atoms with Crippen LogP contribution in [0.3, 0.4) is 0 Å². The van der Waals surface area contributed by atoms with Crippen molar-refractivity contribution in [3.63, 3.8) is 0 Å². The van der Waals surface area contributed by atoms with E-state index < -0.39 is 5.91 Å². The van der Waals surface area contributed by atoms with Crippen LogP contribution in [0.15, 0.2) is 36.5 Å². The van der Waals surface area contributed by atoms with Crippen LogP contribution in [0.2, 0.25) is 0 Å². The molecule has 5 N–H and O–H groups in total. The second-order valence-electron chi connectivity index (χ2n) is 4.49. The average Bonchev–Trinajstić information content (AvgIpc) is 2.45. The van der Waals surface area contributed by atoms with E-state index in [1.807, 2.05) is 12.1 Å². The average molecular weight is 270 g/mol. The highest BCUT2D eigenvalue weighted by Crippen LogP contribution is 2.20. The van der Waals surface area contributed by atoms with Crippen LogP contribution < -0.4 is 16.8 Å². The van der Waals surface area contributed by atoms with Gasteiger partial charge in [-0.15, -0.1) is 0 Å².